The molecule has 5 nitrogen and oxygen atoms in total. The first-order valence-corrected chi connectivity index (χ1v) is 10.9. The molecule has 1 saturated heterocycles. The molecule has 1 aliphatic heterocycles. The second-order valence-electron chi connectivity index (χ2n) is 6.98. The average Bonchev–Trinajstić information content (AvgIpc) is 3.32. The molecule has 0 spiro atoms. The van der Waals surface area contributed by atoms with E-state index in [9.17, 15) is 4.79 Å². The molecule has 2 aromatic heterocycles. The fourth-order valence-electron chi connectivity index (χ4n) is 3.35. The summed E-state index contributed by atoms with van der Waals surface area (Å²) in [6.07, 6.45) is 2.57. The smallest absolute Gasteiger partial charge is 0.276 e. The highest BCUT2D eigenvalue weighted by molar-refractivity contribution is 7.14. The van der Waals surface area contributed by atoms with E-state index in [1.165, 1.54) is 35.5 Å². The number of aromatic nitrogens is 2. The Bertz CT molecular complexity index is 906. The minimum absolute atomic E-state index is 0.207. The van der Waals surface area contributed by atoms with Crippen LogP contribution in [0.5, 0.6) is 0 Å². The van der Waals surface area contributed by atoms with Gasteiger partial charge in [0.2, 0.25) is 0 Å². The number of benzene rings is 1. The third-order valence-corrected chi connectivity index (χ3v) is 6.35. The van der Waals surface area contributed by atoms with Crippen molar-refractivity contribution >= 4 is 33.7 Å². The van der Waals surface area contributed by atoms with Gasteiger partial charge in [-0.3, -0.25) is 15.0 Å². The number of hydrogen-bond acceptors (Lipinski definition) is 6. The summed E-state index contributed by atoms with van der Waals surface area (Å²) in [7, 11) is 0. The molecule has 0 saturated carbocycles. The molecule has 1 aliphatic rings. The average molecular weight is 399 g/mol. The number of piperidine rings is 1. The third-order valence-electron chi connectivity index (χ3n) is 4.66. The summed E-state index contributed by atoms with van der Waals surface area (Å²) in [5.41, 5.74) is 2.47. The summed E-state index contributed by atoms with van der Waals surface area (Å²) >= 11 is 2.95. The summed E-state index contributed by atoms with van der Waals surface area (Å²) in [4.78, 5) is 24.0. The monoisotopic (exact) mass is 398 g/mol. The summed E-state index contributed by atoms with van der Waals surface area (Å²) in [6.45, 7) is 5.41. The van der Waals surface area contributed by atoms with Gasteiger partial charge in [-0.15, -0.1) is 22.7 Å². The van der Waals surface area contributed by atoms with E-state index in [1.807, 2.05) is 35.7 Å². The van der Waals surface area contributed by atoms with E-state index >= 15 is 0 Å². The number of nitrogens with one attached hydrogen (secondary N) is 1. The number of rotatable bonds is 5. The zero-order valence-corrected chi connectivity index (χ0v) is 16.9. The highest BCUT2D eigenvalue weighted by atomic mass is 32.1. The SMILES string of the molecule is C[C@@H]1CCCN(Cc2csc(NC(=O)c3csc(-c4ccccc4)n3)n2)C1. The van der Waals surface area contributed by atoms with Crippen molar-refractivity contribution < 1.29 is 4.79 Å². The van der Waals surface area contributed by atoms with Gasteiger partial charge in [0.05, 0.1) is 5.69 Å². The molecule has 140 valence electrons. The van der Waals surface area contributed by atoms with Crippen molar-refractivity contribution in [1.29, 1.82) is 0 Å². The Morgan fingerprint density at radius 2 is 2.07 bits per heavy atom. The van der Waals surface area contributed by atoms with E-state index in [0.29, 0.717) is 10.8 Å². The molecule has 1 N–H and O–H groups in total. The van der Waals surface area contributed by atoms with E-state index in [-0.39, 0.29) is 5.91 Å². The van der Waals surface area contributed by atoms with Crippen molar-refractivity contribution in [3.8, 4) is 10.6 Å². The molecule has 0 unspecified atom stereocenters. The number of carbonyl (C=O) groups is 1. The first kappa shape index (κ1) is 18.3. The lowest BCUT2D eigenvalue weighted by Gasteiger charge is -2.30. The Labute approximate surface area is 167 Å². The third kappa shape index (κ3) is 4.61. The molecule has 0 aliphatic carbocycles. The standard InChI is InChI=1S/C20H22N4OS2/c1-14-6-5-9-24(10-14)11-16-12-27-20(21-16)23-18(25)17-13-26-19(22-17)15-7-3-2-4-8-15/h2-4,7-8,12-14H,5-6,9-11H2,1H3,(H,21,23,25)/t14-/m1/s1. The van der Waals surface area contributed by atoms with Crippen LogP contribution in [0.25, 0.3) is 10.6 Å². The first-order valence-electron chi connectivity index (χ1n) is 9.16. The minimum atomic E-state index is -0.207. The molecule has 1 aromatic carbocycles. The number of likely N-dealkylation sites (tertiary alicyclic amines) is 1. The molecular weight excluding hydrogens is 376 g/mol. The number of anilines is 1. The second kappa shape index (κ2) is 8.29. The van der Waals surface area contributed by atoms with Crippen molar-refractivity contribution in [2.75, 3.05) is 18.4 Å². The van der Waals surface area contributed by atoms with Gasteiger partial charge in [-0.25, -0.2) is 9.97 Å². The van der Waals surface area contributed by atoms with Gasteiger partial charge < -0.3 is 0 Å². The zero-order chi connectivity index (χ0) is 18.6. The summed E-state index contributed by atoms with van der Waals surface area (Å²) < 4.78 is 0. The minimum Gasteiger partial charge on any atom is -0.297 e. The molecule has 4 rings (SSSR count). The van der Waals surface area contributed by atoms with Crippen LogP contribution >= 0.6 is 22.7 Å². The predicted molar refractivity (Wildman–Crippen MR) is 111 cm³/mol. The predicted octanol–water partition coefficient (Wildman–Crippen LogP) is 4.75. The normalized spacial score (nSPS) is 17.7. The topological polar surface area (TPSA) is 58.1 Å². The Morgan fingerprint density at radius 3 is 2.89 bits per heavy atom. The number of nitrogens with zero attached hydrogens (tertiary/aromatic N) is 3. The number of thiazole rings is 2. The molecule has 3 aromatic rings. The Balaban J connectivity index is 1.37. The molecule has 0 radical (unpaired) electrons. The molecular formula is C20H22N4OS2. The van der Waals surface area contributed by atoms with Crippen LogP contribution in [0.1, 0.15) is 35.9 Å². The van der Waals surface area contributed by atoms with Gasteiger partial charge in [0.25, 0.3) is 5.91 Å². The molecule has 1 amide bonds. The van der Waals surface area contributed by atoms with Crippen LogP contribution in [-0.2, 0) is 6.54 Å². The quantitative estimate of drug-likeness (QED) is 0.674. The summed E-state index contributed by atoms with van der Waals surface area (Å²) in [5.74, 6) is 0.543. The molecule has 1 atom stereocenters. The number of carbonyl (C=O) groups excluding carboxylic acids is 1. The first-order chi connectivity index (χ1) is 13.2. The van der Waals surface area contributed by atoms with E-state index in [0.717, 1.165) is 41.8 Å². The van der Waals surface area contributed by atoms with Gasteiger partial charge in [0.1, 0.15) is 10.7 Å². The van der Waals surface area contributed by atoms with Crippen LogP contribution in [0.2, 0.25) is 0 Å². The van der Waals surface area contributed by atoms with Crippen molar-refractivity contribution in [2.24, 2.45) is 5.92 Å². The maximum Gasteiger partial charge on any atom is 0.276 e. The van der Waals surface area contributed by atoms with Crippen molar-refractivity contribution in [1.82, 2.24) is 14.9 Å². The zero-order valence-electron chi connectivity index (χ0n) is 15.2. The largest absolute Gasteiger partial charge is 0.297 e. The maximum absolute atomic E-state index is 12.5. The Morgan fingerprint density at radius 1 is 1.22 bits per heavy atom. The fraction of sp³-hybridized carbons (Fsp3) is 0.350. The van der Waals surface area contributed by atoms with Crippen LogP contribution < -0.4 is 5.32 Å². The second-order valence-corrected chi connectivity index (χ2v) is 8.70. The summed E-state index contributed by atoms with van der Waals surface area (Å²) in [6, 6.07) is 9.90. The van der Waals surface area contributed by atoms with Gasteiger partial charge in [0, 0.05) is 29.4 Å². The van der Waals surface area contributed by atoms with Crippen LogP contribution in [0, 0.1) is 5.92 Å². The lowest BCUT2D eigenvalue weighted by Crippen LogP contribution is -2.33. The van der Waals surface area contributed by atoms with Crippen LogP contribution in [0.3, 0.4) is 0 Å². The van der Waals surface area contributed by atoms with E-state index in [4.69, 9.17) is 0 Å². The molecule has 27 heavy (non-hydrogen) atoms. The lowest BCUT2D eigenvalue weighted by molar-refractivity contribution is 0.102. The summed E-state index contributed by atoms with van der Waals surface area (Å²) in [5, 5.41) is 8.19. The number of amides is 1. The van der Waals surface area contributed by atoms with Gasteiger partial charge >= 0.3 is 0 Å². The van der Waals surface area contributed by atoms with Crippen LogP contribution in [0.15, 0.2) is 41.1 Å². The van der Waals surface area contributed by atoms with E-state index < -0.39 is 0 Å². The van der Waals surface area contributed by atoms with Gasteiger partial charge in [-0.2, -0.15) is 0 Å². The maximum atomic E-state index is 12.5. The lowest BCUT2D eigenvalue weighted by atomic mass is 10.0. The van der Waals surface area contributed by atoms with E-state index in [2.05, 4.69) is 27.1 Å². The Kier molecular flexibility index (Phi) is 5.61. The van der Waals surface area contributed by atoms with Crippen LogP contribution in [-0.4, -0.2) is 33.9 Å². The van der Waals surface area contributed by atoms with Crippen molar-refractivity contribution in [2.45, 2.75) is 26.3 Å². The van der Waals surface area contributed by atoms with E-state index in [1.54, 1.807) is 5.38 Å². The molecule has 0 bridgehead atoms. The van der Waals surface area contributed by atoms with Crippen molar-refractivity contribution in [3.05, 3.63) is 52.5 Å². The fourth-order valence-corrected chi connectivity index (χ4v) is 4.85. The van der Waals surface area contributed by atoms with Gasteiger partial charge in [-0.05, 0) is 25.3 Å². The molecule has 3 heterocycles. The van der Waals surface area contributed by atoms with Gasteiger partial charge in [-0.1, -0.05) is 37.3 Å². The number of hydrogen-bond donors (Lipinski definition) is 1. The highest BCUT2D eigenvalue weighted by Gasteiger charge is 2.18. The molecule has 7 heteroatoms. The Hall–Kier alpha value is -2.09. The molecule has 1 fully saturated rings. The van der Waals surface area contributed by atoms with Gasteiger partial charge in [0.15, 0.2) is 5.13 Å². The van der Waals surface area contributed by atoms with Crippen LogP contribution in [0.4, 0.5) is 5.13 Å². The van der Waals surface area contributed by atoms with Crippen molar-refractivity contribution in [3.63, 3.8) is 0 Å². The highest BCUT2D eigenvalue weighted by Crippen LogP contribution is 2.25.